The average Bonchev–Trinajstić information content (AvgIpc) is 3.33. The molecule has 1 aromatic heterocycles. The van der Waals surface area contributed by atoms with E-state index in [1.807, 2.05) is 12.3 Å². The fourth-order valence-corrected chi connectivity index (χ4v) is 3.90. The van der Waals surface area contributed by atoms with E-state index in [4.69, 9.17) is 4.74 Å². The van der Waals surface area contributed by atoms with E-state index in [0.29, 0.717) is 12.1 Å². The highest BCUT2D eigenvalue weighted by Crippen LogP contribution is 2.38. The van der Waals surface area contributed by atoms with Crippen molar-refractivity contribution < 1.29 is 4.74 Å². The lowest BCUT2D eigenvalue weighted by atomic mass is 10.0. The molecule has 0 unspecified atom stereocenters. The highest BCUT2D eigenvalue weighted by atomic mass is 16.5. The summed E-state index contributed by atoms with van der Waals surface area (Å²) in [4.78, 5) is 9.72. The minimum atomic E-state index is 0.593. The number of aromatic nitrogens is 1. The van der Waals surface area contributed by atoms with E-state index in [9.17, 15) is 0 Å². The Hall–Kier alpha value is -0.970. The second-order valence-corrected chi connectivity index (χ2v) is 6.82. The van der Waals surface area contributed by atoms with E-state index in [0.717, 1.165) is 37.9 Å². The predicted octanol–water partition coefficient (Wildman–Crippen LogP) is 1.69. The summed E-state index contributed by atoms with van der Waals surface area (Å²) in [6, 6.07) is 5.55. The minimum Gasteiger partial charge on any atom is -0.378 e. The lowest BCUT2D eigenvalue weighted by molar-refractivity contribution is -0.0880. The number of pyridine rings is 1. The van der Waals surface area contributed by atoms with E-state index in [2.05, 4.69) is 27.8 Å². The summed E-state index contributed by atoms with van der Waals surface area (Å²) < 4.78 is 5.89. The molecular weight excluding hydrogens is 262 g/mol. The van der Waals surface area contributed by atoms with Gasteiger partial charge in [-0.05, 0) is 37.3 Å². The summed E-state index contributed by atoms with van der Waals surface area (Å²) >= 11 is 0. The number of hydrogen-bond donors (Lipinski definition) is 0. The Morgan fingerprint density at radius 1 is 1.29 bits per heavy atom. The van der Waals surface area contributed by atoms with Gasteiger partial charge in [-0.25, -0.2) is 0 Å². The first-order chi connectivity index (χ1) is 10.3. The molecule has 0 radical (unpaired) electrons. The molecule has 0 amide bonds. The first-order valence-electron chi connectivity index (χ1n) is 8.27. The quantitative estimate of drug-likeness (QED) is 0.846. The van der Waals surface area contributed by atoms with Crippen molar-refractivity contribution in [3.05, 3.63) is 29.6 Å². The largest absolute Gasteiger partial charge is 0.378 e. The van der Waals surface area contributed by atoms with Crippen LogP contribution in [0.5, 0.6) is 0 Å². The lowest BCUT2D eigenvalue weighted by Gasteiger charge is -2.48. The number of piperazine rings is 1. The Kier molecular flexibility index (Phi) is 3.69. The molecule has 1 aliphatic carbocycles. The number of ether oxygens (including phenoxy) is 1. The summed E-state index contributed by atoms with van der Waals surface area (Å²) in [6.07, 6.45) is 4.71. The molecule has 4 heteroatoms. The van der Waals surface area contributed by atoms with Crippen molar-refractivity contribution in [2.24, 2.45) is 5.92 Å². The summed E-state index contributed by atoms with van der Waals surface area (Å²) in [5, 5.41) is 0. The molecule has 0 aromatic carbocycles. The third kappa shape index (κ3) is 2.85. The molecule has 3 heterocycles. The molecule has 1 saturated carbocycles. The van der Waals surface area contributed by atoms with Gasteiger partial charge in [0.05, 0.1) is 13.2 Å². The highest BCUT2D eigenvalue weighted by Gasteiger charge is 2.42. The molecule has 2 saturated heterocycles. The van der Waals surface area contributed by atoms with Gasteiger partial charge < -0.3 is 4.74 Å². The third-order valence-electron chi connectivity index (χ3n) is 5.31. The van der Waals surface area contributed by atoms with Gasteiger partial charge >= 0.3 is 0 Å². The zero-order chi connectivity index (χ0) is 14.2. The van der Waals surface area contributed by atoms with Gasteiger partial charge in [0, 0.05) is 50.2 Å². The topological polar surface area (TPSA) is 28.6 Å². The van der Waals surface area contributed by atoms with Gasteiger partial charge in [0.1, 0.15) is 0 Å². The van der Waals surface area contributed by atoms with Crippen LogP contribution in [0.25, 0.3) is 0 Å². The standard InChI is InChI=1S/C17H25N3O/c1-13-15(3-2-6-18-13)9-19-7-8-20-16(10-19)11-21-12-17(20)14-4-5-14/h2-3,6,14,16-17H,4-5,7-12H2,1H3/t16-,17-/m1/s1. The predicted molar refractivity (Wildman–Crippen MR) is 82.1 cm³/mol. The van der Waals surface area contributed by atoms with Crippen LogP contribution >= 0.6 is 0 Å². The monoisotopic (exact) mass is 287 g/mol. The zero-order valence-electron chi connectivity index (χ0n) is 12.9. The van der Waals surface area contributed by atoms with Gasteiger partial charge in [-0.15, -0.1) is 0 Å². The number of hydrogen-bond acceptors (Lipinski definition) is 4. The summed E-state index contributed by atoms with van der Waals surface area (Å²) in [5.41, 5.74) is 2.53. The molecular formula is C17H25N3O. The Morgan fingerprint density at radius 3 is 3.00 bits per heavy atom. The number of nitrogens with zero attached hydrogens (tertiary/aromatic N) is 3. The second kappa shape index (κ2) is 5.67. The summed E-state index contributed by atoms with van der Waals surface area (Å²) in [5.74, 6) is 0.917. The van der Waals surface area contributed by atoms with Gasteiger partial charge in [0.2, 0.25) is 0 Å². The first kappa shape index (κ1) is 13.7. The van der Waals surface area contributed by atoms with Crippen molar-refractivity contribution in [3.8, 4) is 0 Å². The summed E-state index contributed by atoms with van der Waals surface area (Å²) in [7, 11) is 0. The van der Waals surface area contributed by atoms with Crippen molar-refractivity contribution in [3.63, 3.8) is 0 Å². The minimum absolute atomic E-state index is 0.593. The second-order valence-electron chi connectivity index (χ2n) is 6.82. The van der Waals surface area contributed by atoms with Gasteiger partial charge in [-0.3, -0.25) is 14.8 Å². The van der Waals surface area contributed by atoms with Crippen LogP contribution in [0.4, 0.5) is 0 Å². The highest BCUT2D eigenvalue weighted by molar-refractivity contribution is 5.18. The molecule has 0 N–H and O–H groups in total. The average molecular weight is 287 g/mol. The van der Waals surface area contributed by atoms with Crippen molar-refractivity contribution in [1.82, 2.24) is 14.8 Å². The number of rotatable bonds is 3. The maximum Gasteiger partial charge on any atom is 0.0635 e. The van der Waals surface area contributed by atoms with E-state index in [-0.39, 0.29) is 0 Å². The van der Waals surface area contributed by atoms with E-state index in [1.165, 1.54) is 31.5 Å². The van der Waals surface area contributed by atoms with Gasteiger partial charge in [0.15, 0.2) is 0 Å². The molecule has 0 spiro atoms. The molecule has 21 heavy (non-hydrogen) atoms. The summed E-state index contributed by atoms with van der Waals surface area (Å²) in [6.45, 7) is 8.52. The SMILES string of the molecule is Cc1ncccc1CN1CCN2[C@@H](COC[C@@H]2C2CC2)C1. The molecule has 1 aromatic rings. The normalized spacial score (nSPS) is 31.1. The van der Waals surface area contributed by atoms with Crippen LogP contribution in [0.3, 0.4) is 0 Å². The zero-order valence-corrected chi connectivity index (χ0v) is 12.9. The number of fused-ring (bicyclic) bond motifs is 1. The lowest BCUT2D eigenvalue weighted by Crippen LogP contribution is -2.62. The maximum absolute atomic E-state index is 5.89. The number of morpholine rings is 1. The van der Waals surface area contributed by atoms with Crippen LogP contribution in [0.15, 0.2) is 18.3 Å². The van der Waals surface area contributed by atoms with E-state index < -0.39 is 0 Å². The van der Waals surface area contributed by atoms with Crippen LogP contribution in [0, 0.1) is 12.8 Å². The molecule has 2 aliphatic heterocycles. The van der Waals surface area contributed by atoms with Crippen molar-refractivity contribution in [2.45, 2.75) is 38.4 Å². The van der Waals surface area contributed by atoms with Crippen LogP contribution in [0.1, 0.15) is 24.1 Å². The molecule has 4 nitrogen and oxygen atoms in total. The van der Waals surface area contributed by atoms with E-state index >= 15 is 0 Å². The Bertz CT molecular complexity index is 503. The van der Waals surface area contributed by atoms with Crippen LogP contribution < -0.4 is 0 Å². The van der Waals surface area contributed by atoms with E-state index in [1.54, 1.807) is 0 Å². The fraction of sp³-hybridized carbons (Fsp3) is 0.706. The third-order valence-corrected chi connectivity index (χ3v) is 5.31. The van der Waals surface area contributed by atoms with Crippen LogP contribution in [0.2, 0.25) is 0 Å². The maximum atomic E-state index is 5.89. The Balaban J connectivity index is 1.41. The molecule has 3 fully saturated rings. The van der Waals surface area contributed by atoms with Crippen molar-refractivity contribution in [2.75, 3.05) is 32.8 Å². The molecule has 3 aliphatic rings. The van der Waals surface area contributed by atoms with Crippen molar-refractivity contribution in [1.29, 1.82) is 0 Å². The smallest absolute Gasteiger partial charge is 0.0635 e. The molecule has 2 atom stereocenters. The van der Waals surface area contributed by atoms with Gasteiger partial charge in [0.25, 0.3) is 0 Å². The van der Waals surface area contributed by atoms with Crippen molar-refractivity contribution >= 4 is 0 Å². The number of aryl methyl sites for hydroxylation is 1. The molecule has 114 valence electrons. The molecule has 0 bridgehead atoms. The fourth-order valence-electron chi connectivity index (χ4n) is 3.90. The Morgan fingerprint density at radius 2 is 2.19 bits per heavy atom. The van der Waals surface area contributed by atoms with Gasteiger partial charge in [-0.2, -0.15) is 0 Å². The first-order valence-corrected chi connectivity index (χ1v) is 8.27. The van der Waals surface area contributed by atoms with Gasteiger partial charge in [-0.1, -0.05) is 6.07 Å². The van der Waals surface area contributed by atoms with Crippen LogP contribution in [-0.2, 0) is 11.3 Å². The Labute approximate surface area is 127 Å². The molecule has 4 rings (SSSR count). The van der Waals surface area contributed by atoms with Crippen LogP contribution in [-0.4, -0.2) is 59.7 Å².